The van der Waals surface area contributed by atoms with Gasteiger partial charge in [0.05, 0.1) is 12.1 Å². The summed E-state index contributed by atoms with van der Waals surface area (Å²) in [7, 11) is 0. The Kier molecular flexibility index (Phi) is 3.23. The number of aliphatic hydroxyl groups is 1. The smallest absolute Gasteiger partial charge is 0.255 e. The van der Waals surface area contributed by atoms with Crippen molar-refractivity contribution in [3.63, 3.8) is 0 Å². The first-order valence-electron chi connectivity index (χ1n) is 4.59. The largest absolute Gasteiger partial charge is 0.394 e. The average Bonchev–Trinajstić information content (AvgIpc) is 2.17. The number of carbonyl (C=O) groups excluding carboxylic acids is 2. The number of morpholine rings is 1. The Hall–Kier alpha value is -0.940. The van der Waals surface area contributed by atoms with E-state index in [9.17, 15) is 14.7 Å². The number of amides is 2. The number of ether oxygens (including phenoxy) is 1. The average molecular weight is 201 g/mol. The van der Waals surface area contributed by atoms with Crippen LogP contribution in [-0.4, -0.2) is 47.2 Å². The monoisotopic (exact) mass is 201 g/mol. The molecule has 0 radical (unpaired) electrons. The summed E-state index contributed by atoms with van der Waals surface area (Å²) in [6, 6.07) is 0. The molecule has 2 amide bonds. The van der Waals surface area contributed by atoms with Gasteiger partial charge in [-0.1, -0.05) is 6.92 Å². The molecule has 0 aromatic rings. The highest BCUT2D eigenvalue weighted by atomic mass is 16.5. The van der Waals surface area contributed by atoms with Gasteiger partial charge in [-0.05, 0) is 13.3 Å². The van der Waals surface area contributed by atoms with Crippen molar-refractivity contribution >= 4 is 11.8 Å². The molecule has 0 saturated carbocycles. The molecule has 1 heterocycles. The summed E-state index contributed by atoms with van der Waals surface area (Å²) in [6.45, 7) is 3.13. The fourth-order valence-electron chi connectivity index (χ4n) is 1.44. The van der Waals surface area contributed by atoms with Gasteiger partial charge in [0.25, 0.3) is 11.8 Å². The SMILES string of the molecule is CCC(C)(CO)N1C(=O)COCC1=O. The third kappa shape index (κ3) is 1.78. The van der Waals surface area contributed by atoms with Gasteiger partial charge in [-0.2, -0.15) is 0 Å². The lowest BCUT2D eigenvalue weighted by Gasteiger charge is -2.39. The van der Waals surface area contributed by atoms with E-state index in [0.717, 1.165) is 4.90 Å². The summed E-state index contributed by atoms with van der Waals surface area (Å²) in [5, 5.41) is 9.19. The minimum Gasteiger partial charge on any atom is -0.394 e. The second-order valence-electron chi connectivity index (χ2n) is 3.62. The van der Waals surface area contributed by atoms with E-state index in [1.54, 1.807) is 6.92 Å². The van der Waals surface area contributed by atoms with E-state index in [2.05, 4.69) is 0 Å². The minimum atomic E-state index is -0.794. The number of carbonyl (C=O) groups is 2. The summed E-state index contributed by atoms with van der Waals surface area (Å²) in [5.41, 5.74) is -0.794. The maximum atomic E-state index is 11.4. The molecule has 0 spiro atoms. The van der Waals surface area contributed by atoms with Gasteiger partial charge in [0.1, 0.15) is 13.2 Å². The lowest BCUT2D eigenvalue weighted by atomic mass is 9.97. The summed E-state index contributed by atoms with van der Waals surface area (Å²) in [6.07, 6.45) is 0.529. The van der Waals surface area contributed by atoms with E-state index in [1.165, 1.54) is 0 Å². The van der Waals surface area contributed by atoms with Crippen molar-refractivity contribution in [3.8, 4) is 0 Å². The van der Waals surface area contributed by atoms with E-state index < -0.39 is 5.54 Å². The molecule has 1 aliphatic rings. The second kappa shape index (κ2) is 4.06. The summed E-state index contributed by atoms with van der Waals surface area (Å²) >= 11 is 0. The number of hydrogen-bond donors (Lipinski definition) is 1. The van der Waals surface area contributed by atoms with E-state index >= 15 is 0 Å². The van der Waals surface area contributed by atoms with Crippen LogP contribution in [0.25, 0.3) is 0 Å². The van der Waals surface area contributed by atoms with Crippen molar-refractivity contribution in [2.75, 3.05) is 19.8 Å². The predicted molar refractivity (Wildman–Crippen MR) is 48.5 cm³/mol. The van der Waals surface area contributed by atoms with Gasteiger partial charge in [-0.15, -0.1) is 0 Å². The highest BCUT2D eigenvalue weighted by Crippen LogP contribution is 2.21. The molecule has 1 unspecified atom stereocenters. The standard InChI is InChI=1S/C9H15NO4/c1-3-9(2,6-11)10-7(12)4-14-5-8(10)13/h11H,3-6H2,1-2H3. The van der Waals surface area contributed by atoms with Crippen LogP contribution in [0.5, 0.6) is 0 Å². The Morgan fingerprint density at radius 1 is 1.43 bits per heavy atom. The Labute approximate surface area is 82.6 Å². The van der Waals surface area contributed by atoms with Gasteiger partial charge in [0.15, 0.2) is 0 Å². The molecule has 14 heavy (non-hydrogen) atoms. The van der Waals surface area contributed by atoms with Crippen LogP contribution in [0.15, 0.2) is 0 Å². The van der Waals surface area contributed by atoms with Crippen LogP contribution in [0, 0.1) is 0 Å². The molecule has 0 aliphatic carbocycles. The van der Waals surface area contributed by atoms with Gasteiger partial charge >= 0.3 is 0 Å². The molecule has 1 rings (SSSR count). The van der Waals surface area contributed by atoms with Gasteiger partial charge in [-0.25, -0.2) is 0 Å². The molecular weight excluding hydrogens is 186 g/mol. The van der Waals surface area contributed by atoms with E-state index in [-0.39, 0.29) is 31.6 Å². The van der Waals surface area contributed by atoms with Gasteiger partial charge in [0, 0.05) is 0 Å². The van der Waals surface area contributed by atoms with E-state index in [1.807, 2.05) is 6.92 Å². The van der Waals surface area contributed by atoms with Gasteiger partial charge in [0.2, 0.25) is 0 Å². The van der Waals surface area contributed by atoms with Crippen molar-refractivity contribution in [1.82, 2.24) is 4.90 Å². The fourth-order valence-corrected chi connectivity index (χ4v) is 1.44. The highest BCUT2D eigenvalue weighted by molar-refractivity contribution is 5.99. The third-order valence-corrected chi connectivity index (χ3v) is 2.59. The quantitative estimate of drug-likeness (QED) is 0.627. The molecule has 0 bridgehead atoms. The molecule has 1 aliphatic heterocycles. The van der Waals surface area contributed by atoms with Crippen molar-refractivity contribution in [2.24, 2.45) is 0 Å². The number of nitrogens with zero attached hydrogens (tertiary/aromatic N) is 1. The lowest BCUT2D eigenvalue weighted by molar-refractivity contribution is -0.168. The topological polar surface area (TPSA) is 66.8 Å². The normalized spacial score (nSPS) is 22.4. The molecular formula is C9H15NO4. The van der Waals surface area contributed by atoms with Crippen LogP contribution < -0.4 is 0 Å². The Morgan fingerprint density at radius 2 is 1.93 bits per heavy atom. The Bertz CT molecular complexity index is 231. The molecule has 5 heteroatoms. The number of aliphatic hydroxyl groups excluding tert-OH is 1. The van der Waals surface area contributed by atoms with Crippen molar-refractivity contribution in [3.05, 3.63) is 0 Å². The van der Waals surface area contributed by atoms with E-state index in [4.69, 9.17) is 4.74 Å². The Balaban J connectivity index is 2.91. The number of imide groups is 1. The first-order chi connectivity index (χ1) is 6.55. The molecule has 5 nitrogen and oxygen atoms in total. The zero-order chi connectivity index (χ0) is 10.8. The Morgan fingerprint density at radius 3 is 2.29 bits per heavy atom. The first kappa shape index (κ1) is 11.1. The molecule has 1 atom stereocenters. The maximum Gasteiger partial charge on any atom is 0.255 e. The second-order valence-corrected chi connectivity index (χ2v) is 3.62. The number of rotatable bonds is 3. The zero-order valence-corrected chi connectivity index (χ0v) is 8.45. The van der Waals surface area contributed by atoms with Crippen LogP contribution in [-0.2, 0) is 14.3 Å². The summed E-state index contributed by atoms with van der Waals surface area (Å²) in [4.78, 5) is 24.0. The highest BCUT2D eigenvalue weighted by Gasteiger charge is 2.40. The molecule has 1 saturated heterocycles. The predicted octanol–water partition coefficient (Wildman–Crippen LogP) is -0.467. The van der Waals surface area contributed by atoms with E-state index in [0.29, 0.717) is 6.42 Å². The summed E-state index contributed by atoms with van der Waals surface area (Å²) in [5.74, 6) is -0.751. The maximum absolute atomic E-state index is 11.4. The molecule has 80 valence electrons. The van der Waals surface area contributed by atoms with Crippen LogP contribution in [0.4, 0.5) is 0 Å². The molecule has 0 aromatic heterocycles. The van der Waals surface area contributed by atoms with Crippen LogP contribution in [0.3, 0.4) is 0 Å². The van der Waals surface area contributed by atoms with Gasteiger partial charge < -0.3 is 9.84 Å². The molecule has 1 fully saturated rings. The van der Waals surface area contributed by atoms with Crippen molar-refractivity contribution in [1.29, 1.82) is 0 Å². The van der Waals surface area contributed by atoms with Crippen LogP contribution in [0.1, 0.15) is 20.3 Å². The fraction of sp³-hybridized carbons (Fsp3) is 0.778. The van der Waals surface area contributed by atoms with Crippen molar-refractivity contribution in [2.45, 2.75) is 25.8 Å². The van der Waals surface area contributed by atoms with Gasteiger partial charge in [-0.3, -0.25) is 14.5 Å². The molecule has 1 N–H and O–H groups in total. The molecule has 0 aromatic carbocycles. The van der Waals surface area contributed by atoms with Crippen LogP contribution >= 0.6 is 0 Å². The third-order valence-electron chi connectivity index (χ3n) is 2.59. The minimum absolute atomic E-state index is 0.0820. The number of hydrogen-bond acceptors (Lipinski definition) is 4. The van der Waals surface area contributed by atoms with Crippen molar-refractivity contribution < 1.29 is 19.4 Å². The zero-order valence-electron chi connectivity index (χ0n) is 8.45. The first-order valence-corrected chi connectivity index (χ1v) is 4.59. The lowest BCUT2D eigenvalue weighted by Crippen LogP contribution is -2.59. The summed E-state index contributed by atoms with van der Waals surface area (Å²) < 4.78 is 4.79. The van der Waals surface area contributed by atoms with Crippen LogP contribution in [0.2, 0.25) is 0 Å².